The molecule has 0 radical (unpaired) electrons. The van der Waals surface area contributed by atoms with Crippen LogP contribution in [0.25, 0.3) is 0 Å². The third-order valence-corrected chi connectivity index (χ3v) is 8.17. The van der Waals surface area contributed by atoms with Gasteiger partial charge in [-0.3, -0.25) is 4.72 Å². The topological polar surface area (TPSA) is 92.8 Å². The first kappa shape index (κ1) is 20.6. The summed E-state index contributed by atoms with van der Waals surface area (Å²) in [6, 6.07) is 11.8. The van der Waals surface area contributed by atoms with Crippen molar-refractivity contribution in [2.75, 3.05) is 24.9 Å². The van der Waals surface area contributed by atoms with Gasteiger partial charge in [0.25, 0.3) is 10.0 Å². The van der Waals surface area contributed by atoms with Crippen molar-refractivity contribution in [3.8, 4) is 5.75 Å². The number of anilines is 1. The highest BCUT2D eigenvalue weighted by Gasteiger charge is 2.28. The number of methoxy groups -OCH3 is 1. The van der Waals surface area contributed by atoms with Gasteiger partial charge < -0.3 is 4.74 Å². The molecule has 28 heavy (non-hydrogen) atoms. The van der Waals surface area contributed by atoms with Crippen molar-refractivity contribution in [1.82, 2.24) is 4.31 Å². The monoisotopic (exact) mass is 424 g/mol. The van der Waals surface area contributed by atoms with E-state index in [2.05, 4.69) is 11.6 Å². The fourth-order valence-electron chi connectivity index (χ4n) is 3.04. The lowest BCUT2D eigenvalue weighted by Gasteiger charge is -2.29. The first-order chi connectivity index (χ1) is 13.2. The van der Waals surface area contributed by atoms with E-state index in [9.17, 15) is 16.8 Å². The van der Waals surface area contributed by atoms with Crippen molar-refractivity contribution >= 4 is 25.7 Å². The lowest BCUT2D eigenvalue weighted by molar-refractivity contribution is 0.288. The fraction of sp³-hybridized carbons (Fsp3) is 0.368. The van der Waals surface area contributed by atoms with Gasteiger partial charge in [-0.1, -0.05) is 6.92 Å². The molecule has 2 aromatic carbocycles. The minimum atomic E-state index is -3.78. The summed E-state index contributed by atoms with van der Waals surface area (Å²) < 4.78 is 59.4. The Kier molecular flexibility index (Phi) is 5.97. The first-order valence-corrected chi connectivity index (χ1v) is 11.9. The summed E-state index contributed by atoms with van der Waals surface area (Å²) in [5, 5.41) is 0. The van der Waals surface area contributed by atoms with Crippen LogP contribution in [0.1, 0.15) is 19.8 Å². The highest BCUT2D eigenvalue weighted by atomic mass is 32.2. The molecule has 9 heteroatoms. The van der Waals surface area contributed by atoms with E-state index in [1.54, 1.807) is 12.1 Å². The molecule has 152 valence electrons. The summed E-state index contributed by atoms with van der Waals surface area (Å²) in [5.41, 5.74) is 0.294. The average Bonchev–Trinajstić information content (AvgIpc) is 2.68. The van der Waals surface area contributed by atoms with Crippen molar-refractivity contribution in [2.24, 2.45) is 5.92 Å². The molecule has 0 amide bonds. The number of benzene rings is 2. The smallest absolute Gasteiger partial charge is 0.261 e. The second kappa shape index (κ2) is 8.10. The second-order valence-corrected chi connectivity index (χ2v) is 10.5. The summed E-state index contributed by atoms with van der Waals surface area (Å²) in [5.74, 6) is 1.09. The maximum Gasteiger partial charge on any atom is 0.261 e. The van der Waals surface area contributed by atoms with Crippen molar-refractivity contribution in [2.45, 2.75) is 29.6 Å². The van der Waals surface area contributed by atoms with E-state index in [-0.39, 0.29) is 9.79 Å². The van der Waals surface area contributed by atoms with Gasteiger partial charge in [-0.25, -0.2) is 16.8 Å². The predicted octanol–water partition coefficient (Wildman–Crippen LogP) is 2.92. The van der Waals surface area contributed by atoms with Gasteiger partial charge in [0.2, 0.25) is 10.0 Å². The van der Waals surface area contributed by atoms with Crippen LogP contribution in [-0.2, 0) is 20.0 Å². The molecule has 0 bridgehead atoms. The number of nitrogens with zero attached hydrogens (tertiary/aromatic N) is 1. The average molecular weight is 425 g/mol. The predicted molar refractivity (Wildman–Crippen MR) is 107 cm³/mol. The van der Waals surface area contributed by atoms with Gasteiger partial charge >= 0.3 is 0 Å². The molecular formula is C19H24N2O5S2. The molecule has 3 rings (SSSR count). The molecule has 0 saturated carbocycles. The number of sulfonamides is 2. The molecule has 1 N–H and O–H groups in total. The highest BCUT2D eigenvalue weighted by Crippen LogP contribution is 2.25. The van der Waals surface area contributed by atoms with Crippen molar-refractivity contribution < 1.29 is 21.6 Å². The Morgan fingerprint density at radius 1 is 0.893 bits per heavy atom. The molecule has 1 aliphatic rings. The van der Waals surface area contributed by atoms with Gasteiger partial charge in [-0.15, -0.1) is 0 Å². The van der Waals surface area contributed by atoms with E-state index < -0.39 is 20.0 Å². The molecule has 0 atom stereocenters. The van der Waals surface area contributed by atoms with Crippen LogP contribution < -0.4 is 9.46 Å². The van der Waals surface area contributed by atoms with E-state index in [0.717, 1.165) is 12.8 Å². The van der Waals surface area contributed by atoms with E-state index in [1.807, 2.05) is 0 Å². The standard InChI is InChI=1S/C19H24N2O5S2/c1-15-11-13-21(14-12-15)28(24,25)19-7-3-16(4-8-19)20-27(22,23)18-9-5-17(26-2)6-10-18/h3-10,15,20H,11-14H2,1-2H3. The summed E-state index contributed by atoms with van der Waals surface area (Å²) in [7, 11) is -5.84. The molecule has 0 aliphatic carbocycles. The second-order valence-electron chi connectivity index (χ2n) is 6.89. The Hall–Kier alpha value is -2.10. The maximum absolute atomic E-state index is 12.7. The highest BCUT2D eigenvalue weighted by molar-refractivity contribution is 7.92. The Morgan fingerprint density at radius 2 is 1.43 bits per heavy atom. The molecule has 1 saturated heterocycles. The third kappa shape index (κ3) is 4.48. The third-order valence-electron chi connectivity index (χ3n) is 4.86. The zero-order valence-corrected chi connectivity index (χ0v) is 17.5. The van der Waals surface area contributed by atoms with Crippen LogP contribution in [0, 0.1) is 5.92 Å². The molecule has 1 aliphatic heterocycles. The van der Waals surface area contributed by atoms with Crippen molar-refractivity contribution in [1.29, 1.82) is 0 Å². The molecule has 7 nitrogen and oxygen atoms in total. The van der Waals surface area contributed by atoms with Crippen LogP contribution in [0.5, 0.6) is 5.75 Å². The van der Waals surface area contributed by atoms with Gasteiger partial charge in [0, 0.05) is 18.8 Å². The lowest BCUT2D eigenvalue weighted by Crippen LogP contribution is -2.37. The van der Waals surface area contributed by atoms with Crippen molar-refractivity contribution in [3.05, 3.63) is 48.5 Å². The summed E-state index contributed by atoms with van der Waals surface area (Å²) in [6.07, 6.45) is 1.69. The molecule has 0 aromatic heterocycles. The fourth-order valence-corrected chi connectivity index (χ4v) is 5.57. The zero-order valence-electron chi connectivity index (χ0n) is 15.8. The Morgan fingerprint density at radius 3 is 1.96 bits per heavy atom. The SMILES string of the molecule is COc1ccc(S(=O)(=O)Nc2ccc(S(=O)(=O)N3CCC(C)CC3)cc2)cc1. The Labute approximate surface area is 166 Å². The number of ether oxygens (including phenoxy) is 1. The van der Waals surface area contributed by atoms with Gasteiger partial charge in [0.05, 0.1) is 16.9 Å². The summed E-state index contributed by atoms with van der Waals surface area (Å²) >= 11 is 0. The molecule has 0 unspecified atom stereocenters. The molecule has 1 fully saturated rings. The number of piperidine rings is 1. The number of hydrogen-bond donors (Lipinski definition) is 1. The number of rotatable bonds is 6. The van der Waals surface area contributed by atoms with E-state index >= 15 is 0 Å². The zero-order chi connectivity index (χ0) is 20.4. The Bertz CT molecular complexity index is 1010. The van der Waals surface area contributed by atoms with Crippen LogP contribution in [0.3, 0.4) is 0 Å². The van der Waals surface area contributed by atoms with E-state index in [0.29, 0.717) is 30.4 Å². The first-order valence-electron chi connectivity index (χ1n) is 8.99. The maximum atomic E-state index is 12.7. The van der Waals surface area contributed by atoms with E-state index in [4.69, 9.17) is 4.74 Å². The molecule has 1 heterocycles. The van der Waals surface area contributed by atoms with Crippen LogP contribution in [-0.4, -0.2) is 41.3 Å². The van der Waals surface area contributed by atoms with Gasteiger partial charge in [0.1, 0.15) is 5.75 Å². The van der Waals surface area contributed by atoms with E-state index in [1.165, 1.54) is 47.8 Å². The quantitative estimate of drug-likeness (QED) is 0.770. The minimum absolute atomic E-state index is 0.0902. The van der Waals surface area contributed by atoms with Crippen LogP contribution in [0.4, 0.5) is 5.69 Å². The van der Waals surface area contributed by atoms with Crippen molar-refractivity contribution in [3.63, 3.8) is 0 Å². The summed E-state index contributed by atoms with van der Waals surface area (Å²) in [6.45, 7) is 3.14. The lowest BCUT2D eigenvalue weighted by atomic mass is 10.0. The number of nitrogens with one attached hydrogen (secondary N) is 1. The normalized spacial score (nSPS) is 16.6. The molecule has 2 aromatic rings. The molecular weight excluding hydrogens is 400 g/mol. The van der Waals surface area contributed by atoms with Crippen LogP contribution in [0.2, 0.25) is 0 Å². The largest absolute Gasteiger partial charge is 0.497 e. The Balaban J connectivity index is 1.75. The van der Waals surface area contributed by atoms with Crippen LogP contribution >= 0.6 is 0 Å². The summed E-state index contributed by atoms with van der Waals surface area (Å²) in [4.78, 5) is 0.252. The van der Waals surface area contributed by atoms with Gasteiger partial charge in [-0.05, 0) is 67.3 Å². The molecule has 0 spiro atoms. The van der Waals surface area contributed by atoms with Gasteiger partial charge in [0.15, 0.2) is 0 Å². The number of hydrogen-bond acceptors (Lipinski definition) is 5. The minimum Gasteiger partial charge on any atom is -0.497 e. The van der Waals surface area contributed by atoms with Crippen LogP contribution in [0.15, 0.2) is 58.3 Å². The van der Waals surface area contributed by atoms with Gasteiger partial charge in [-0.2, -0.15) is 4.31 Å².